The Kier molecular flexibility index (Phi) is 3.37. The van der Waals surface area contributed by atoms with E-state index in [2.05, 4.69) is 10.2 Å². The maximum absolute atomic E-state index is 14.2. The van der Waals surface area contributed by atoms with E-state index in [0.717, 1.165) is 36.5 Å². The number of aromatic hydroxyl groups is 1. The minimum atomic E-state index is -0.764. The Labute approximate surface area is 134 Å². The fraction of sp³-hybridized carbons (Fsp3) is 0.400. The van der Waals surface area contributed by atoms with Crippen molar-refractivity contribution in [2.45, 2.75) is 18.9 Å². The molecule has 0 unspecified atom stereocenters. The van der Waals surface area contributed by atoms with Gasteiger partial charge >= 0.3 is 0 Å². The van der Waals surface area contributed by atoms with Gasteiger partial charge in [0.1, 0.15) is 5.82 Å². The zero-order chi connectivity index (χ0) is 16.1. The molecule has 2 heterocycles. The lowest BCUT2D eigenvalue weighted by atomic mass is 10.2. The van der Waals surface area contributed by atoms with Crippen LogP contribution in [0.25, 0.3) is 10.9 Å². The van der Waals surface area contributed by atoms with Crippen LogP contribution in [0.15, 0.2) is 22.4 Å². The van der Waals surface area contributed by atoms with E-state index in [-0.39, 0.29) is 40.3 Å². The van der Waals surface area contributed by atoms with Crippen molar-refractivity contribution in [1.82, 2.24) is 4.57 Å². The van der Waals surface area contributed by atoms with E-state index in [0.29, 0.717) is 0 Å². The normalized spacial score (nSPS) is 18.7. The number of amides is 1. The van der Waals surface area contributed by atoms with Crippen molar-refractivity contribution >= 4 is 34.3 Å². The van der Waals surface area contributed by atoms with E-state index in [9.17, 15) is 18.7 Å². The molecule has 0 atom stereocenters. The number of fused-ring (bicyclic) bond motifs is 1. The molecule has 5 nitrogen and oxygen atoms in total. The number of nitrogens with zero attached hydrogens (tertiary/aromatic N) is 3. The Bertz CT molecular complexity index is 841. The molecule has 23 heavy (non-hydrogen) atoms. The first-order valence-electron chi connectivity index (χ1n) is 7.31. The van der Waals surface area contributed by atoms with E-state index < -0.39 is 11.6 Å². The number of carbonyl (C=O) groups is 1. The van der Waals surface area contributed by atoms with E-state index in [4.69, 9.17) is 0 Å². The monoisotopic (exact) mass is 337 g/mol. The van der Waals surface area contributed by atoms with Gasteiger partial charge < -0.3 is 9.67 Å². The van der Waals surface area contributed by atoms with Gasteiger partial charge in [-0.15, -0.1) is 10.2 Å². The molecule has 0 radical (unpaired) electrons. The third-order valence-electron chi connectivity index (χ3n) is 4.12. The van der Waals surface area contributed by atoms with Gasteiger partial charge in [0, 0.05) is 28.9 Å². The Morgan fingerprint density at radius 2 is 2.04 bits per heavy atom. The molecule has 1 amide bonds. The summed E-state index contributed by atoms with van der Waals surface area (Å²) in [4.78, 5) is 11.7. The van der Waals surface area contributed by atoms with Gasteiger partial charge in [-0.05, 0) is 18.9 Å². The average molecular weight is 337 g/mol. The number of carbonyl (C=O) groups excluding carboxylic acids is 1. The lowest BCUT2D eigenvalue weighted by molar-refractivity contribution is -0.119. The average Bonchev–Trinajstić information content (AvgIpc) is 3.24. The van der Waals surface area contributed by atoms with Crippen molar-refractivity contribution in [2.75, 3.05) is 11.5 Å². The van der Waals surface area contributed by atoms with Crippen LogP contribution in [0, 0.1) is 17.6 Å². The minimum absolute atomic E-state index is 0.0516. The van der Waals surface area contributed by atoms with Gasteiger partial charge in [-0.2, -0.15) is 11.8 Å². The van der Waals surface area contributed by atoms with Crippen molar-refractivity contribution in [3.63, 3.8) is 0 Å². The summed E-state index contributed by atoms with van der Waals surface area (Å²) in [6.45, 7) is 0. The molecule has 2 aliphatic rings. The molecule has 1 aromatic carbocycles. The number of halogens is 2. The predicted octanol–water partition coefficient (Wildman–Crippen LogP) is 3.93. The van der Waals surface area contributed by atoms with Gasteiger partial charge in [0.05, 0.1) is 11.6 Å². The van der Waals surface area contributed by atoms with Gasteiger partial charge in [-0.25, -0.2) is 8.78 Å². The summed E-state index contributed by atoms with van der Waals surface area (Å²) >= 11 is 1.67. The van der Waals surface area contributed by atoms with E-state index in [1.165, 1.54) is 4.57 Å². The summed E-state index contributed by atoms with van der Waals surface area (Å²) in [5.74, 6) is -0.811. The first-order valence-corrected chi connectivity index (χ1v) is 8.47. The third kappa shape index (κ3) is 2.41. The number of aromatic nitrogens is 1. The highest BCUT2D eigenvalue weighted by molar-refractivity contribution is 8.00. The van der Waals surface area contributed by atoms with Crippen LogP contribution in [0.2, 0.25) is 0 Å². The van der Waals surface area contributed by atoms with Gasteiger partial charge in [-0.1, -0.05) is 0 Å². The molecule has 0 spiro atoms. The number of benzene rings is 1. The quantitative estimate of drug-likeness (QED) is 0.863. The Balaban J connectivity index is 1.88. The predicted molar refractivity (Wildman–Crippen MR) is 82.1 cm³/mol. The third-order valence-corrected chi connectivity index (χ3v) is 5.37. The zero-order valence-electron chi connectivity index (χ0n) is 12.0. The Hall–Kier alpha value is -1.96. The first kappa shape index (κ1) is 14.6. The minimum Gasteiger partial charge on any atom is -0.493 e. The highest BCUT2D eigenvalue weighted by Crippen LogP contribution is 2.45. The van der Waals surface area contributed by atoms with Gasteiger partial charge in [0.2, 0.25) is 5.88 Å². The number of hydrogen-bond acceptors (Lipinski definition) is 4. The van der Waals surface area contributed by atoms with Gasteiger partial charge in [0.25, 0.3) is 5.91 Å². The second kappa shape index (κ2) is 5.30. The first-order chi connectivity index (χ1) is 11.1. The maximum atomic E-state index is 14.2. The summed E-state index contributed by atoms with van der Waals surface area (Å²) < 4.78 is 29.2. The van der Waals surface area contributed by atoms with Crippen LogP contribution in [-0.4, -0.2) is 27.1 Å². The smallest absolute Gasteiger partial charge is 0.267 e. The van der Waals surface area contributed by atoms with Gasteiger partial charge in [-0.3, -0.25) is 4.79 Å². The van der Waals surface area contributed by atoms with Crippen LogP contribution in [-0.2, 0) is 4.79 Å². The Morgan fingerprint density at radius 3 is 2.65 bits per heavy atom. The maximum Gasteiger partial charge on any atom is 0.267 e. The summed E-state index contributed by atoms with van der Waals surface area (Å²) in [6.07, 6.45) is 1.57. The van der Waals surface area contributed by atoms with E-state index in [1.807, 2.05) is 0 Å². The van der Waals surface area contributed by atoms with E-state index >= 15 is 0 Å². The highest BCUT2D eigenvalue weighted by atomic mass is 32.2. The number of azo groups is 1. The van der Waals surface area contributed by atoms with Crippen LogP contribution >= 0.6 is 11.8 Å². The zero-order valence-corrected chi connectivity index (χ0v) is 12.8. The molecular formula is C15H13F2N3O2S. The highest BCUT2D eigenvalue weighted by Gasteiger charge is 2.31. The van der Waals surface area contributed by atoms with E-state index in [1.54, 1.807) is 11.8 Å². The standard InChI is InChI=1S/C15H13F2N3O2S/c16-8-3-10-12(18-19-14(21)7-1-2-7)15(22)20(9-5-23-6-9)13(10)11(17)4-8/h3-4,7,9,22H,1-2,5-6H2. The molecule has 1 aliphatic heterocycles. The number of rotatable bonds is 3. The molecule has 1 aliphatic carbocycles. The van der Waals surface area contributed by atoms with Crippen molar-refractivity contribution in [3.8, 4) is 5.88 Å². The molecule has 2 aromatic rings. The Morgan fingerprint density at radius 1 is 1.30 bits per heavy atom. The van der Waals surface area contributed by atoms with Crippen LogP contribution in [0.3, 0.4) is 0 Å². The molecule has 8 heteroatoms. The van der Waals surface area contributed by atoms with Crippen molar-refractivity contribution in [1.29, 1.82) is 0 Å². The molecule has 4 rings (SSSR count). The van der Waals surface area contributed by atoms with Crippen LogP contribution in [0.4, 0.5) is 14.5 Å². The summed E-state index contributed by atoms with van der Waals surface area (Å²) in [5, 5.41) is 18.0. The van der Waals surface area contributed by atoms with Crippen molar-refractivity contribution < 1.29 is 18.7 Å². The molecule has 1 aromatic heterocycles. The second-order valence-electron chi connectivity index (χ2n) is 5.83. The summed E-state index contributed by atoms with van der Waals surface area (Å²) in [5.41, 5.74) is 0.0475. The SMILES string of the molecule is O=C(N=Nc1c(O)n(C2CSC2)c2c(F)cc(F)cc12)C1CC1. The molecular weight excluding hydrogens is 324 g/mol. The molecule has 1 saturated heterocycles. The fourth-order valence-electron chi connectivity index (χ4n) is 2.67. The second-order valence-corrected chi connectivity index (χ2v) is 6.90. The van der Waals surface area contributed by atoms with Crippen molar-refractivity contribution in [3.05, 3.63) is 23.8 Å². The van der Waals surface area contributed by atoms with Crippen LogP contribution in [0.5, 0.6) is 5.88 Å². The fourth-order valence-corrected chi connectivity index (χ4v) is 3.41. The number of hydrogen-bond donors (Lipinski definition) is 1. The van der Waals surface area contributed by atoms with Crippen LogP contribution in [0.1, 0.15) is 18.9 Å². The lowest BCUT2D eigenvalue weighted by Gasteiger charge is -2.27. The molecule has 0 bridgehead atoms. The largest absolute Gasteiger partial charge is 0.493 e. The molecule has 1 saturated carbocycles. The summed E-state index contributed by atoms with van der Waals surface area (Å²) in [6, 6.07) is 1.81. The topological polar surface area (TPSA) is 66.9 Å². The van der Waals surface area contributed by atoms with Crippen molar-refractivity contribution in [2.24, 2.45) is 16.1 Å². The van der Waals surface area contributed by atoms with Gasteiger partial charge in [0.15, 0.2) is 11.5 Å². The number of thioether (sulfide) groups is 1. The summed E-state index contributed by atoms with van der Waals surface area (Å²) in [7, 11) is 0. The molecule has 120 valence electrons. The molecule has 1 N–H and O–H groups in total. The lowest BCUT2D eigenvalue weighted by Crippen LogP contribution is -2.22. The van der Waals surface area contributed by atoms with Crippen LogP contribution < -0.4 is 0 Å². The molecule has 2 fully saturated rings.